The zero-order valence-corrected chi connectivity index (χ0v) is 17.8. The number of hydrogen-bond donors (Lipinski definition) is 7. The van der Waals surface area contributed by atoms with Crippen molar-refractivity contribution in [1.29, 1.82) is 0 Å². The van der Waals surface area contributed by atoms with Gasteiger partial charge in [-0.25, -0.2) is 22.8 Å². The summed E-state index contributed by atoms with van der Waals surface area (Å²) in [5.41, 5.74) is 0. The van der Waals surface area contributed by atoms with Crippen LogP contribution in [0.3, 0.4) is 0 Å². The molecule has 0 rings (SSSR count). The van der Waals surface area contributed by atoms with Crippen molar-refractivity contribution < 1.29 is 116 Å². The second-order valence-electron chi connectivity index (χ2n) is 2.71. The van der Waals surface area contributed by atoms with Crippen molar-refractivity contribution in [2.75, 3.05) is 0 Å². The third-order valence-corrected chi connectivity index (χ3v) is 7.49. The molecule has 22 heteroatoms. The van der Waals surface area contributed by atoms with E-state index in [0.717, 1.165) is 0 Å². The van der Waals surface area contributed by atoms with Gasteiger partial charge in [0.2, 0.25) is 0 Å². The van der Waals surface area contributed by atoms with Gasteiger partial charge in [-0.05, 0) is 0 Å². The van der Waals surface area contributed by atoms with Gasteiger partial charge in [0.15, 0.2) is 0 Å². The Bertz CT molecular complexity index is 552. The van der Waals surface area contributed by atoms with Crippen molar-refractivity contribution >= 4 is 39.1 Å². The van der Waals surface area contributed by atoms with Crippen LogP contribution in [-0.4, -0.2) is 34.3 Å². The van der Waals surface area contributed by atoms with Crippen molar-refractivity contribution in [3.8, 4) is 0 Å². The van der Waals surface area contributed by atoms with Gasteiger partial charge in [-0.15, -0.1) is 0 Å². The maximum atomic E-state index is 11.0. The number of hydrogen-bond acceptors (Lipinski definition) is 9. The van der Waals surface area contributed by atoms with E-state index in [0.29, 0.717) is 0 Å². The average molecular weight is 559 g/mol. The summed E-state index contributed by atoms with van der Waals surface area (Å²) in [6.45, 7) is 0. The number of phosphoric acid groups is 5. The SMILES string of the molecule is O=P(O)(O)OP(=O)(O)OP(=O)(O)OP(=O)(O)OP(=O)(O)O.[Pr]. The molecule has 2 unspecified atom stereocenters. The van der Waals surface area contributed by atoms with Crippen LogP contribution in [0.25, 0.3) is 0 Å². The first kappa shape index (κ1) is 26.3. The Morgan fingerprint density at radius 2 is 0.636 bits per heavy atom. The van der Waals surface area contributed by atoms with E-state index in [1.54, 1.807) is 0 Å². The molecule has 16 nitrogen and oxygen atoms in total. The monoisotopic (exact) mass is 559 g/mol. The normalized spacial score (nSPS) is 21.0. The predicted octanol–water partition coefficient (Wildman–Crippen LogP) is -0.461. The minimum atomic E-state index is -6.07. The summed E-state index contributed by atoms with van der Waals surface area (Å²) in [5.74, 6) is 0. The van der Waals surface area contributed by atoms with E-state index >= 15 is 0 Å². The maximum Gasteiger partial charge on any atom is 0.490 e. The van der Waals surface area contributed by atoms with Gasteiger partial charge in [0.1, 0.15) is 0 Å². The first-order chi connectivity index (χ1) is 8.83. The van der Waals surface area contributed by atoms with Crippen LogP contribution in [0.15, 0.2) is 0 Å². The second-order valence-corrected chi connectivity index (χ2v) is 10.1. The van der Waals surface area contributed by atoms with Crippen LogP contribution in [-0.2, 0) is 40.1 Å². The molecule has 0 saturated heterocycles. The molecule has 0 aromatic heterocycles. The van der Waals surface area contributed by atoms with Crippen LogP contribution in [0.4, 0.5) is 0 Å². The third kappa shape index (κ3) is 14.4. The van der Waals surface area contributed by atoms with E-state index in [4.69, 9.17) is 34.3 Å². The molecule has 0 aliphatic heterocycles. The Morgan fingerprint density at radius 3 is 0.818 bits per heavy atom. The van der Waals surface area contributed by atoms with Gasteiger partial charge in [0.05, 0.1) is 0 Å². The first-order valence-electron chi connectivity index (χ1n) is 3.77. The molecule has 0 aromatic rings. The van der Waals surface area contributed by atoms with Crippen molar-refractivity contribution in [2.24, 2.45) is 0 Å². The van der Waals surface area contributed by atoms with Gasteiger partial charge in [0.25, 0.3) is 0 Å². The Labute approximate surface area is 154 Å². The van der Waals surface area contributed by atoms with Crippen molar-refractivity contribution in [2.45, 2.75) is 0 Å². The fourth-order valence-electron chi connectivity index (χ4n) is 0.574. The smallest absolute Gasteiger partial charge is 0.302 e. The molecule has 2 atom stereocenters. The van der Waals surface area contributed by atoms with Crippen molar-refractivity contribution in [1.82, 2.24) is 0 Å². The molecular weight excluding hydrogens is 552 g/mol. The fourth-order valence-corrected chi connectivity index (χ4v) is 5.97. The van der Waals surface area contributed by atoms with Crippen molar-refractivity contribution in [3.05, 3.63) is 0 Å². The molecule has 0 bridgehead atoms. The van der Waals surface area contributed by atoms with E-state index in [2.05, 4.69) is 17.2 Å². The molecular formula is H7O16P5Pr. The van der Waals surface area contributed by atoms with Gasteiger partial charge in [-0.2, -0.15) is 17.2 Å². The number of rotatable bonds is 8. The quantitative estimate of drug-likeness (QED) is 0.186. The Morgan fingerprint density at radius 1 is 0.455 bits per heavy atom. The zero-order valence-electron chi connectivity index (χ0n) is 9.62. The van der Waals surface area contributed by atoms with E-state index in [9.17, 15) is 22.8 Å². The van der Waals surface area contributed by atoms with Crippen LogP contribution in [0.1, 0.15) is 0 Å². The molecule has 131 valence electrons. The first-order valence-corrected chi connectivity index (χ1v) is 11.3. The molecule has 0 aromatic carbocycles. The molecule has 0 fully saturated rings. The molecule has 7 N–H and O–H groups in total. The largest absolute Gasteiger partial charge is 0.490 e. The molecule has 0 saturated carbocycles. The summed E-state index contributed by atoms with van der Waals surface area (Å²) in [4.78, 5) is 58.7. The van der Waals surface area contributed by atoms with Crippen LogP contribution >= 0.6 is 39.1 Å². The van der Waals surface area contributed by atoms with Gasteiger partial charge >= 0.3 is 39.1 Å². The van der Waals surface area contributed by atoms with Crippen LogP contribution in [0.2, 0.25) is 0 Å². The third-order valence-electron chi connectivity index (χ3n) is 0.832. The van der Waals surface area contributed by atoms with Crippen LogP contribution in [0, 0.1) is 41.3 Å². The van der Waals surface area contributed by atoms with E-state index < -0.39 is 39.1 Å². The molecule has 22 heavy (non-hydrogen) atoms. The molecule has 1 radical (unpaired) electrons. The summed E-state index contributed by atoms with van der Waals surface area (Å²) >= 11 is 0. The zero-order chi connectivity index (χ0) is 17.3. The predicted molar refractivity (Wildman–Crippen MR) is 57.9 cm³/mol. The van der Waals surface area contributed by atoms with E-state index in [1.165, 1.54) is 0 Å². The van der Waals surface area contributed by atoms with E-state index in [-0.39, 0.29) is 41.3 Å². The Balaban J connectivity index is 0. The average Bonchev–Trinajstić information content (AvgIpc) is 1.83. The summed E-state index contributed by atoms with van der Waals surface area (Å²) < 4.78 is 65.6. The minimum absolute atomic E-state index is 0. The fraction of sp³-hybridized carbons (Fsp3) is 0. The molecule has 0 amide bonds. The Hall–Kier alpha value is 2.07. The summed E-state index contributed by atoms with van der Waals surface area (Å²) in [7, 11) is -29.3. The van der Waals surface area contributed by atoms with Gasteiger partial charge < -0.3 is 34.3 Å². The van der Waals surface area contributed by atoms with Gasteiger partial charge in [-0.3, -0.25) is 0 Å². The molecule has 0 spiro atoms. The van der Waals surface area contributed by atoms with Crippen molar-refractivity contribution in [3.63, 3.8) is 0 Å². The standard InChI is InChI=1S/H7O16P5.Pr/c1-17(2,3)13-19(7,8)15-21(11,12)16-20(9,10)14-18(4,5)6;/h(H,7,8)(H,9,10)(H,11,12)(H2,1,2,3)(H2,4,5,6);. The molecule has 0 heterocycles. The minimum Gasteiger partial charge on any atom is -0.302 e. The summed E-state index contributed by atoms with van der Waals surface area (Å²) in [5, 5.41) is 0. The summed E-state index contributed by atoms with van der Waals surface area (Å²) in [6.07, 6.45) is 0. The van der Waals surface area contributed by atoms with Crippen LogP contribution < -0.4 is 0 Å². The topological polar surface area (TPSA) is 264 Å². The van der Waals surface area contributed by atoms with E-state index in [1.807, 2.05) is 0 Å². The summed E-state index contributed by atoms with van der Waals surface area (Å²) in [6, 6.07) is 0. The second kappa shape index (κ2) is 8.64. The van der Waals surface area contributed by atoms with Crippen LogP contribution in [0.5, 0.6) is 0 Å². The van der Waals surface area contributed by atoms with Gasteiger partial charge in [-0.1, -0.05) is 0 Å². The molecule has 0 aliphatic rings. The Kier molecular flexibility index (Phi) is 10.3. The molecule has 0 aliphatic carbocycles. The maximum absolute atomic E-state index is 11.0. The van der Waals surface area contributed by atoms with Gasteiger partial charge in [0, 0.05) is 41.3 Å².